The lowest BCUT2D eigenvalue weighted by molar-refractivity contribution is 0.323. The molecule has 4 rings (SSSR count). The van der Waals surface area contributed by atoms with Gasteiger partial charge in [0, 0.05) is 43.6 Å². The van der Waals surface area contributed by atoms with Crippen LogP contribution in [0.3, 0.4) is 0 Å². The first-order valence-electron chi connectivity index (χ1n) is 9.07. The van der Waals surface area contributed by atoms with Crippen LogP contribution in [0.2, 0.25) is 0 Å². The third-order valence-electron chi connectivity index (χ3n) is 4.87. The summed E-state index contributed by atoms with van der Waals surface area (Å²) in [5.74, 6) is 0. The lowest BCUT2D eigenvalue weighted by atomic mass is 10.0. The minimum Gasteiger partial charge on any atom is -0.384 e. The molecule has 26 heavy (non-hydrogen) atoms. The molecule has 3 aromatic rings. The van der Waals surface area contributed by atoms with Crippen LogP contribution in [0.15, 0.2) is 67.9 Å². The highest BCUT2D eigenvalue weighted by molar-refractivity contribution is 5.71. The van der Waals surface area contributed by atoms with Crippen molar-refractivity contribution >= 4 is 11.3 Å². The van der Waals surface area contributed by atoms with E-state index in [-0.39, 0.29) is 0 Å². The lowest BCUT2D eigenvalue weighted by Crippen LogP contribution is -2.24. The Morgan fingerprint density at radius 3 is 2.81 bits per heavy atom. The van der Waals surface area contributed by atoms with Crippen molar-refractivity contribution in [1.82, 2.24) is 14.3 Å². The van der Waals surface area contributed by atoms with Crippen molar-refractivity contribution in [2.75, 3.05) is 25.0 Å². The predicted molar refractivity (Wildman–Crippen MR) is 108 cm³/mol. The lowest BCUT2D eigenvalue weighted by Gasteiger charge is -2.19. The molecule has 4 nitrogen and oxygen atoms in total. The predicted octanol–water partition coefficient (Wildman–Crippen LogP) is 4.14. The topological polar surface area (TPSA) is 32.6 Å². The van der Waals surface area contributed by atoms with E-state index in [1.807, 2.05) is 18.2 Å². The van der Waals surface area contributed by atoms with Gasteiger partial charge in [0.25, 0.3) is 0 Å². The molecule has 0 atom stereocenters. The van der Waals surface area contributed by atoms with Gasteiger partial charge in [0.1, 0.15) is 5.65 Å². The second-order valence-electron chi connectivity index (χ2n) is 6.66. The van der Waals surface area contributed by atoms with Gasteiger partial charge in [-0.3, -0.25) is 4.90 Å². The van der Waals surface area contributed by atoms with E-state index in [9.17, 15) is 0 Å². The Hall–Kier alpha value is -2.85. The van der Waals surface area contributed by atoms with Crippen LogP contribution in [0.25, 0.3) is 16.9 Å². The molecular formula is C22H24N4. The fraction of sp³-hybridized carbons (Fsp3) is 0.227. The molecule has 0 unspecified atom stereocenters. The van der Waals surface area contributed by atoms with E-state index in [0.29, 0.717) is 0 Å². The van der Waals surface area contributed by atoms with Crippen molar-refractivity contribution in [3.63, 3.8) is 0 Å². The minimum atomic E-state index is 0.799. The first-order chi connectivity index (χ1) is 12.8. The van der Waals surface area contributed by atoms with Gasteiger partial charge in [-0.2, -0.15) is 0 Å². The zero-order chi connectivity index (χ0) is 17.9. The van der Waals surface area contributed by atoms with Crippen molar-refractivity contribution in [1.29, 1.82) is 0 Å². The molecule has 132 valence electrons. The van der Waals surface area contributed by atoms with Crippen LogP contribution in [0.4, 0.5) is 5.69 Å². The molecule has 2 aromatic heterocycles. The van der Waals surface area contributed by atoms with Crippen molar-refractivity contribution in [3.8, 4) is 11.3 Å². The second-order valence-corrected chi connectivity index (χ2v) is 6.66. The van der Waals surface area contributed by atoms with Crippen molar-refractivity contribution in [3.05, 3.63) is 79.2 Å². The molecule has 4 heteroatoms. The number of hydrogen-bond donors (Lipinski definition) is 1. The normalized spacial score (nSPS) is 13.0. The molecule has 1 aromatic carbocycles. The molecule has 0 aliphatic carbocycles. The van der Waals surface area contributed by atoms with Crippen LogP contribution in [0.1, 0.15) is 11.3 Å². The van der Waals surface area contributed by atoms with Gasteiger partial charge in [-0.15, -0.1) is 13.2 Å². The van der Waals surface area contributed by atoms with Crippen molar-refractivity contribution in [2.45, 2.75) is 13.0 Å². The van der Waals surface area contributed by atoms with Crippen molar-refractivity contribution < 1.29 is 0 Å². The van der Waals surface area contributed by atoms with E-state index >= 15 is 0 Å². The van der Waals surface area contributed by atoms with Gasteiger partial charge < -0.3 is 9.72 Å². The number of aromatic nitrogens is 2. The van der Waals surface area contributed by atoms with Gasteiger partial charge in [0.2, 0.25) is 0 Å². The number of nitrogens with zero attached hydrogens (tertiary/aromatic N) is 3. The molecule has 0 spiro atoms. The number of fused-ring (bicyclic) bond motifs is 2. The monoisotopic (exact) mass is 344 g/mol. The summed E-state index contributed by atoms with van der Waals surface area (Å²) < 4.78 is 2.19. The van der Waals surface area contributed by atoms with Crippen LogP contribution < -0.4 is 5.32 Å². The molecule has 0 radical (unpaired) electrons. The fourth-order valence-corrected chi connectivity index (χ4v) is 3.66. The number of hydrogen-bond acceptors (Lipinski definition) is 3. The Balaban J connectivity index is 1.81. The van der Waals surface area contributed by atoms with E-state index < -0.39 is 0 Å². The minimum absolute atomic E-state index is 0.799. The van der Waals surface area contributed by atoms with E-state index in [0.717, 1.165) is 43.9 Å². The maximum absolute atomic E-state index is 4.95. The summed E-state index contributed by atoms with van der Waals surface area (Å²) in [5.41, 5.74) is 7.05. The average Bonchev–Trinajstić information content (AvgIpc) is 3.26. The van der Waals surface area contributed by atoms with Gasteiger partial charge >= 0.3 is 0 Å². The highest BCUT2D eigenvalue weighted by atomic mass is 15.1. The molecule has 1 N–H and O–H groups in total. The maximum atomic E-state index is 4.95. The number of pyridine rings is 1. The van der Waals surface area contributed by atoms with Crippen LogP contribution in [-0.2, 0) is 13.0 Å². The second kappa shape index (κ2) is 7.18. The standard InChI is InChI=1S/C22H24N4/c1-3-12-25(13-4-2)16-20-22(24-21-7-5-6-14-26(20)21)18-8-9-19-17(15-18)10-11-23-19/h3-9,14-15,23H,1-2,10-13,16H2. The molecule has 0 amide bonds. The molecule has 1 aliphatic heterocycles. The Morgan fingerprint density at radius 2 is 2.00 bits per heavy atom. The molecule has 3 heterocycles. The fourth-order valence-electron chi connectivity index (χ4n) is 3.66. The Morgan fingerprint density at radius 1 is 1.15 bits per heavy atom. The SMILES string of the molecule is C=CCN(CC=C)Cc1c(-c2ccc3c(c2)CCN3)nc2ccccn12. The number of rotatable bonds is 7. The molecule has 0 saturated heterocycles. The largest absolute Gasteiger partial charge is 0.384 e. The summed E-state index contributed by atoms with van der Waals surface area (Å²) in [5, 5.41) is 3.43. The molecule has 0 saturated carbocycles. The molecule has 1 aliphatic rings. The highest BCUT2D eigenvalue weighted by Crippen LogP contribution is 2.31. The zero-order valence-corrected chi connectivity index (χ0v) is 15.0. The van der Waals surface area contributed by atoms with E-state index in [2.05, 4.69) is 64.3 Å². The first-order valence-corrected chi connectivity index (χ1v) is 9.07. The molecule has 0 bridgehead atoms. The smallest absolute Gasteiger partial charge is 0.137 e. The third kappa shape index (κ3) is 3.04. The first kappa shape index (κ1) is 16.6. The number of anilines is 1. The van der Waals surface area contributed by atoms with Gasteiger partial charge in [-0.25, -0.2) is 4.98 Å². The van der Waals surface area contributed by atoms with E-state index in [4.69, 9.17) is 4.98 Å². The Labute approximate surface area is 154 Å². The van der Waals surface area contributed by atoms with Gasteiger partial charge in [-0.05, 0) is 36.2 Å². The Kier molecular flexibility index (Phi) is 4.59. The summed E-state index contributed by atoms with van der Waals surface area (Å²) in [4.78, 5) is 7.26. The van der Waals surface area contributed by atoms with E-state index in [1.54, 1.807) is 0 Å². The number of nitrogens with one attached hydrogen (secondary N) is 1. The van der Waals surface area contributed by atoms with E-state index in [1.165, 1.54) is 22.5 Å². The van der Waals surface area contributed by atoms with Crippen LogP contribution in [0, 0.1) is 0 Å². The average molecular weight is 344 g/mol. The molecule has 0 fully saturated rings. The summed E-state index contributed by atoms with van der Waals surface area (Å²) >= 11 is 0. The Bertz CT molecular complexity index is 944. The van der Waals surface area contributed by atoms with Gasteiger partial charge in [-0.1, -0.05) is 24.3 Å². The van der Waals surface area contributed by atoms with Gasteiger partial charge in [0.15, 0.2) is 0 Å². The highest BCUT2D eigenvalue weighted by Gasteiger charge is 2.18. The van der Waals surface area contributed by atoms with Crippen LogP contribution in [0.5, 0.6) is 0 Å². The number of imidazole rings is 1. The summed E-state index contributed by atoms with van der Waals surface area (Å²) in [6.07, 6.45) is 7.04. The number of benzene rings is 1. The maximum Gasteiger partial charge on any atom is 0.137 e. The molecular weight excluding hydrogens is 320 g/mol. The van der Waals surface area contributed by atoms with Crippen LogP contribution >= 0.6 is 0 Å². The van der Waals surface area contributed by atoms with Crippen molar-refractivity contribution in [2.24, 2.45) is 0 Å². The summed E-state index contributed by atoms with van der Waals surface area (Å²) in [6.45, 7) is 11.2. The van der Waals surface area contributed by atoms with Crippen LogP contribution in [-0.4, -0.2) is 33.9 Å². The third-order valence-corrected chi connectivity index (χ3v) is 4.87. The van der Waals surface area contributed by atoms with Gasteiger partial charge in [0.05, 0.1) is 11.4 Å². The summed E-state index contributed by atoms with van der Waals surface area (Å²) in [7, 11) is 0. The zero-order valence-electron chi connectivity index (χ0n) is 15.0. The summed E-state index contributed by atoms with van der Waals surface area (Å²) in [6, 6.07) is 12.8. The quantitative estimate of drug-likeness (QED) is 0.654.